The SMILES string of the molecule is CC[C@@H]1C[C@H](C(F)(F)F)n2nc([C@H]3CCCCN3C(=O)c3cc(C(C)C)[nH]n3)cc2N1. The summed E-state index contributed by atoms with van der Waals surface area (Å²) in [5, 5.41) is 14.6. The Balaban J connectivity index is 1.64. The standard InChI is InChI=1S/C21H29F3N6O/c1-4-13-9-18(21(22,23)24)30-19(25-13)11-15(28-30)17-7-5-6-8-29(17)20(31)16-10-14(12(2)3)26-27-16/h10-13,17-18,25H,4-9H2,1-3H3,(H,26,27)/t13-,17-,18-/m1/s1. The van der Waals surface area contributed by atoms with E-state index in [1.165, 1.54) is 0 Å². The van der Waals surface area contributed by atoms with Crippen molar-refractivity contribution >= 4 is 11.7 Å². The molecule has 2 aliphatic rings. The molecule has 0 bridgehead atoms. The number of carbonyl (C=O) groups is 1. The summed E-state index contributed by atoms with van der Waals surface area (Å²) in [4.78, 5) is 14.9. The molecular weight excluding hydrogens is 409 g/mol. The molecule has 170 valence electrons. The number of halogens is 3. The number of alkyl halides is 3. The number of rotatable bonds is 4. The van der Waals surface area contributed by atoms with Crippen LogP contribution in [0.25, 0.3) is 0 Å². The summed E-state index contributed by atoms with van der Waals surface area (Å²) in [7, 11) is 0. The van der Waals surface area contributed by atoms with Crippen LogP contribution in [0, 0.1) is 0 Å². The van der Waals surface area contributed by atoms with Gasteiger partial charge < -0.3 is 10.2 Å². The molecule has 4 rings (SSSR count). The maximum absolute atomic E-state index is 13.7. The van der Waals surface area contributed by atoms with Gasteiger partial charge in [-0.15, -0.1) is 0 Å². The van der Waals surface area contributed by atoms with Crippen LogP contribution in [0.1, 0.15) is 92.8 Å². The third-order valence-corrected chi connectivity index (χ3v) is 6.32. The number of aromatic nitrogens is 4. The normalized spacial score (nSPS) is 24.2. The van der Waals surface area contributed by atoms with E-state index in [0.29, 0.717) is 36.6 Å². The number of H-pyrrole nitrogens is 1. The van der Waals surface area contributed by atoms with Gasteiger partial charge in [0.25, 0.3) is 5.91 Å². The van der Waals surface area contributed by atoms with E-state index in [9.17, 15) is 18.0 Å². The monoisotopic (exact) mass is 438 g/mol. The van der Waals surface area contributed by atoms with Gasteiger partial charge >= 0.3 is 6.18 Å². The van der Waals surface area contributed by atoms with Crippen molar-refractivity contribution in [3.63, 3.8) is 0 Å². The molecule has 2 aromatic rings. The van der Waals surface area contributed by atoms with Gasteiger partial charge in [0.2, 0.25) is 0 Å². The van der Waals surface area contributed by atoms with Crippen LogP contribution in [0.5, 0.6) is 0 Å². The molecule has 10 heteroatoms. The second kappa shape index (κ2) is 8.20. The highest BCUT2D eigenvalue weighted by Gasteiger charge is 2.46. The molecule has 31 heavy (non-hydrogen) atoms. The van der Waals surface area contributed by atoms with E-state index in [1.807, 2.05) is 20.8 Å². The van der Waals surface area contributed by atoms with Gasteiger partial charge in [0, 0.05) is 24.3 Å². The quantitative estimate of drug-likeness (QED) is 0.719. The molecular formula is C21H29F3N6O. The number of fused-ring (bicyclic) bond motifs is 1. The van der Waals surface area contributed by atoms with Gasteiger partial charge in [-0.2, -0.15) is 23.4 Å². The van der Waals surface area contributed by atoms with E-state index in [-0.39, 0.29) is 30.3 Å². The molecule has 0 unspecified atom stereocenters. The zero-order valence-corrected chi connectivity index (χ0v) is 18.0. The number of nitrogens with zero attached hydrogens (tertiary/aromatic N) is 4. The lowest BCUT2D eigenvalue weighted by atomic mass is 9.98. The summed E-state index contributed by atoms with van der Waals surface area (Å²) in [6, 6.07) is 1.15. The maximum Gasteiger partial charge on any atom is 0.410 e. The zero-order valence-electron chi connectivity index (χ0n) is 18.0. The molecule has 1 fully saturated rings. The second-order valence-electron chi connectivity index (χ2n) is 8.81. The van der Waals surface area contributed by atoms with Gasteiger partial charge in [0.1, 0.15) is 11.5 Å². The lowest BCUT2D eigenvalue weighted by Gasteiger charge is -2.34. The predicted octanol–water partition coefficient (Wildman–Crippen LogP) is 4.79. The van der Waals surface area contributed by atoms with Crippen molar-refractivity contribution in [3.05, 3.63) is 29.2 Å². The number of nitrogens with one attached hydrogen (secondary N) is 2. The van der Waals surface area contributed by atoms with E-state index in [1.54, 1.807) is 17.0 Å². The number of likely N-dealkylation sites (tertiary alicyclic amines) is 1. The lowest BCUT2D eigenvalue weighted by Crippen LogP contribution is -2.40. The number of hydrogen-bond acceptors (Lipinski definition) is 4. The van der Waals surface area contributed by atoms with Crippen LogP contribution in [0.2, 0.25) is 0 Å². The van der Waals surface area contributed by atoms with Crippen molar-refractivity contribution in [1.82, 2.24) is 24.9 Å². The van der Waals surface area contributed by atoms with Gasteiger partial charge in [-0.25, -0.2) is 4.68 Å². The van der Waals surface area contributed by atoms with Crippen LogP contribution < -0.4 is 5.32 Å². The van der Waals surface area contributed by atoms with Crippen molar-refractivity contribution in [3.8, 4) is 0 Å². The van der Waals surface area contributed by atoms with Crippen LogP contribution in [0.3, 0.4) is 0 Å². The molecule has 4 heterocycles. The number of hydrogen-bond donors (Lipinski definition) is 2. The first-order chi connectivity index (χ1) is 14.7. The number of anilines is 1. The van der Waals surface area contributed by atoms with Gasteiger partial charge in [0.15, 0.2) is 6.04 Å². The van der Waals surface area contributed by atoms with Crippen molar-refractivity contribution in [2.24, 2.45) is 0 Å². The average molecular weight is 438 g/mol. The van der Waals surface area contributed by atoms with E-state index >= 15 is 0 Å². The molecule has 7 nitrogen and oxygen atoms in total. The van der Waals surface area contributed by atoms with Crippen molar-refractivity contribution in [2.45, 2.75) is 83.1 Å². The van der Waals surface area contributed by atoms with E-state index < -0.39 is 12.2 Å². The number of amides is 1. The highest BCUT2D eigenvalue weighted by Crippen LogP contribution is 2.42. The van der Waals surface area contributed by atoms with Gasteiger partial charge in [0.05, 0.1) is 11.7 Å². The van der Waals surface area contributed by atoms with Crippen LogP contribution in [-0.2, 0) is 0 Å². The fourth-order valence-corrected chi connectivity index (χ4v) is 4.47. The summed E-state index contributed by atoms with van der Waals surface area (Å²) in [6.07, 6.45) is -1.43. The zero-order chi connectivity index (χ0) is 22.3. The van der Waals surface area contributed by atoms with Crippen LogP contribution in [0.15, 0.2) is 12.1 Å². The summed E-state index contributed by atoms with van der Waals surface area (Å²) in [5.74, 6) is 0.365. The Hall–Kier alpha value is -2.52. The number of aromatic amines is 1. The Labute approximate surface area is 179 Å². The Morgan fingerprint density at radius 2 is 2.06 bits per heavy atom. The highest BCUT2D eigenvalue weighted by molar-refractivity contribution is 5.92. The minimum Gasteiger partial charge on any atom is -0.367 e. The van der Waals surface area contributed by atoms with Gasteiger partial charge in [-0.05, 0) is 44.1 Å². The number of piperidine rings is 1. The molecule has 0 radical (unpaired) electrons. The van der Waals surface area contributed by atoms with Gasteiger partial charge in [-0.3, -0.25) is 9.89 Å². The third kappa shape index (κ3) is 4.16. The van der Waals surface area contributed by atoms with E-state index in [0.717, 1.165) is 23.2 Å². The summed E-state index contributed by atoms with van der Waals surface area (Å²) < 4.78 is 42.2. The molecule has 0 spiro atoms. The molecule has 0 aromatic carbocycles. The third-order valence-electron chi connectivity index (χ3n) is 6.32. The maximum atomic E-state index is 13.7. The molecule has 0 aliphatic carbocycles. The summed E-state index contributed by atoms with van der Waals surface area (Å²) in [6.45, 7) is 6.42. The van der Waals surface area contributed by atoms with Crippen molar-refractivity contribution < 1.29 is 18.0 Å². The van der Waals surface area contributed by atoms with E-state index in [2.05, 4.69) is 20.6 Å². The number of carbonyl (C=O) groups excluding carboxylic acids is 1. The molecule has 2 N–H and O–H groups in total. The first kappa shape index (κ1) is 21.7. The lowest BCUT2D eigenvalue weighted by molar-refractivity contribution is -0.173. The average Bonchev–Trinajstić information content (AvgIpc) is 3.39. The largest absolute Gasteiger partial charge is 0.410 e. The summed E-state index contributed by atoms with van der Waals surface area (Å²) in [5.41, 5.74) is 1.70. The van der Waals surface area contributed by atoms with E-state index in [4.69, 9.17) is 0 Å². The minimum atomic E-state index is -4.38. The topological polar surface area (TPSA) is 78.8 Å². The van der Waals surface area contributed by atoms with Crippen LogP contribution >= 0.6 is 0 Å². The fraction of sp³-hybridized carbons (Fsp3) is 0.667. The van der Waals surface area contributed by atoms with Gasteiger partial charge in [-0.1, -0.05) is 20.8 Å². The smallest absolute Gasteiger partial charge is 0.367 e. The Kier molecular flexibility index (Phi) is 5.74. The van der Waals surface area contributed by atoms with Crippen molar-refractivity contribution in [1.29, 1.82) is 0 Å². The molecule has 0 saturated carbocycles. The van der Waals surface area contributed by atoms with Crippen LogP contribution in [-0.4, -0.2) is 49.5 Å². The second-order valence-corrected chi connectivity index (χ2v) is 8.81. The molecule has 2 aromatic heterocycles. The highest BCUT2D eigenvalue weighted by atomic mass is 19.4. The summed E-state index contributed by atoms with van der Waals surface area (Å²) >= 11 is 0. The fourth-order valence-electron chi connectivity index (χ4n) is 4.47. The molecule has 1 saturated heterocycles. The Morgan fingerprint density at radius 3 is 2.71 bits per heavy atom. The first-order valence-corrected chi connectivity index (χ1v) is 11.0. The molecule has 1 amide bonds. The Bertz CT molecular complexity index is 934. The molecule has 2 aliphatic heterocycles. The predicted molar refractivity (Wildman–Crippen MR) is 110 cm³/mol. The molecule has 3 atom stereocenters. The minimum absolute atomic E-state index is 0.0489. The Morgan fingerprint density at radius 1 is 1.29 bits per heavy atom. The van der Waals surface area contributed by atoms with Crippen molar-refractivity contribution in [2.75, 3.05) is 11.9 Å². The first-order valence-electron chi connectivity index (χ1n) is 11.0. The van der Waals surface area contributed by atoms with Crippen LogP contribution in [0.4, 0.5) is 19.0 Å².